The Morgan fingerprint density at radius 1 is 1.12 bits per heavy atom. The molecule has 0 atom stereocenters. The monoisotopic (exact) mass is 337 g/mol. The van der Waals surface area contributed by atoms with Crippen LogP contribution < -0.4 is 9.47 Å². The van der Waals surface area contributed by atoms with Crippen LogP contribution in [0.2, 0.25) is 0 Å². The van der Waals surface area contributed by atoms with Crippen LogP contribution in [0.25, 0.3) is 0 Å². The molecule has 24 heavy (non-hydrogen) atoms. The van der Waals surface area contributed by atoms with Gasteiger partial charge >= 0.3 is 5.97 Å². The molecule has 0 unspecified atom stereocenters. The van der Waals surface area contributed by atoms with E-state index in [0.29, 0.717) is 24.0 Å². The van der Waals surface area contributed by atoms with Crippen molar-refractivity contribution in [3.63, 3.8) is 0 Å². The number of benzene rings is 1. The summed E-state index contributed by atoms with van der Waals surface area (Å²) in [6, 6.07) is 7.06. The molecule has 0 saturated heterocycles. The van der Waals surface area contributed by atoms with E-state index in [9.17, 15) is 9.59 Å². The Hall–Kier alpha value is -2.24. The van der Waals surface area contributed by atoms with Crippen molar-refractivity contribution in [1.29, 1.82) is 0 Å². The van der Waals surface area contributed by atoms with E-state index in [-0.39, 0.29) is 31.5 Å². The molecule has 0 radical (unpaired) electrons. The molecule has 1 amide bonds. The van der Waals surface area contributed by atoms with Gasteiger partial charge in [0.1, 0.15) is 11.5 Å². The number of carbonyl (C=O) groups is 2. The van der Waals surface area contributed by atoms with Gasteiger partial charge in [0.2, 0.25) is 0 Å². The molecule has 6 heteroatoms. The molecule has 6 nitrogen and oxygen atoms in total. The first kappa shape index (κ1) is 19.8. The fourth-order valence-corrected chi connectivity index (χ4v) is 2.03. The van der Waals surface area contributed by atoms with Crippen molar-refractivity contribution in [2.45, 2.75) is 40.2 Å². The van der Waals surface area contributed by atoms with Crippen molar-refractivity contribution in [3.8, 4) is 11.5 Å². The third kappa shape index (κ3) is 7.35. The molecule has 0 fully saturated rings. The largest absolute Gasteiger partial charge is 0.493 e. The van der Waals surface area contributed by atoms with Crippen LogP contribution >= 0.6 is 0 Å². The molecule has 0 aromatic heterocycles. The van der Waals surface area contributed by atoms with E-state index < -0.39 is 5.97 Å². The number of ether oxygens (including phenoxy) is 2. The highest BCUT2D eigenvalue weighted by Crippen LogP contribution is 2.20. The van der Waals surface area contributed by atoms with Crippen LogP contribution in [-0.4, -0.2) is 47.7 Å². The summed E-state index contributed by atoms with van der Waals surface area (Å²) in [5, 5.41) is 8.77. The topological polar surface area (TPSA) is 76.1 Å². The predicted molar refractivity (Wildman–Crippen MR) is 91.4 cm³/mol. The van der Waals surface area contributed by atoms with Crippen LogP contribution in [0.4, 0.5) is 0 Å². The standard InChI is InChI=1S/C18H27NO5/c1-13(2)11-23-15-6-5-7-16(10-15)24-12-17(20)19(14(3)4)9-8-18(21)22/h5-7,10,13-14H,8-9,11-12H2,1-4H3,(H,21,22). The number of carbonyl (C=O) groups excluding carboxylic acids is 1. The van der Waals surface area contributed by atoms with Crippen molar-refractivity contribution in [2.75, 3.05) is 19.8 Å². The van der Waals surface area contributed by atoms with Crippen LogP contribution in [0.1, 0.15) is 34.1 Å². The van der Waals surface area contributed by atoms with E-state index in [1.165, 1.54) is 4.90 Å². The number of hydrogen-bond acceptors (Lipinski definition) is 4. The van der Waals surface area contributed by atoms with Gasteiger partial charge in [0, 0.05) is 18.7 Å². The first-order chi connectivity index (χ1) is 11.3. The van der Waals surface area contributed by atoms with Crippen molar-refractivity contribution in [1.82, 2.24) is 4.90 Å². The highest BCUT2D eigenvalue weighted by atomic mass is 16.5. The van der Waals surface area contributed by atoms with Gasteiger partial charge in [-0.15, -0.1) is 0 Å². The van der Waals surface area contributed by atoms with Gasteiger partial charge in [-0.05, 0) is 31.9 Å². The number of nitrogens with zero attached hydrogens (tertiary/aromatic N) is 1. The third-order valence-corrected chi connectivity index (χ3v) is 3.26. The quantitative estimate of drug-likeness (QED) is 0.710. The van der Waals surface area contributed by atoms with E-state index in [1.54, 1.807) is 18.2 Å². The fourth-order valence-electron chi connectivity index (χ4n) is 2.03. The number of carboxylic acid groups (broad SMARTS) is 1. The first-order valence-corrected chi connectivity index (χ1v) is 8.16. The first-order valence-electron chi connectivity index (χ1n) is 8.16. The van der Waals surface area contributed by atoms with Crippen LogP contribution in [0.3, 0.4) is 0 Å². The molecular weight excluding hydrogens is 310 g/mol. The maximum Gasteiger partial charge on any atom is 0.305 e. The van der Waals surface area contributed by atoms with E-state index in [2.05, 4.69) is 13.8 Å². The molecule has 0 aliphatic carbocycles. The number of hydrogen-bond donors (Lipinski definition) is 1. The van der Waals surface area contributed by atoms with Crippen molar-refractivity contribution >= 4 is 11.9 Å². The van der Waals surface area contributed by atoms with Gasteiger partial charge in [-0.1, -0.05) is 19.9 Å². The van der Waals surface area contributed by atoms with Gasteiger partial charge in [-0.25, -0.2) is 0 Å². The van der Waals surface area contributed by atoms with E-state index >= 15 is 0 Å². The molecule has 1 aromatic rings. The van der Waals surface area contributed by atoms with Gasteiger partial charge in [-0.2, -0.15) is 0 Å². The zero-order valence-electron chi connectivity index (χ0n) is 14.8. The Labute approximate surface area is 143 Å². The summed E-state index contributed by atoms with van der Waals surface area (Å²) in [6.07, 6.45) is -0.0809. The molecule has 134 valence electrons. The lowest BCUT2D eigenvalue weighted by Gasteiger charge is -2.26. The lowest BCUT2D eigenvalue weighted by Crippen LogP contribution is -2.41. The molecule has 0 spiro atoms. The predicted octanol–water partition coefficient (Wildman–Crippen LogP) is 2.81. The highest BCUT2D eigenvalue weighted by Gasteiger charge is 2.18. The van der Waals surface area contributed by atoms with Gasteiger partial charge < -0.3 is 19.5 Å². The summed E-state index contributed by atoms with van der Waals surface area (Å²) >= 11 is 0. The lowest BCUT2D eigenvalue weighted by molar-refractivity contribution is -0.139. The number of aliphatic carboxylic acids is 1. The molecule has 1 rings (SSSR count). The Balaban J connectivity index is 2.58. The molecule has 1 N–H and O–H groups in total. The molecule has 0 aliphatic heterocycles. The molecule has 0 heterocycles. The van der Waals surface area contributed by atoms with Crippen molar-refractivity contribution < 1.29 is 24.2 Å². The molecule has 0 bridgehead atoms. The van der Waals surface area contributed by atoms with Gasteiger partial charge in [-0.3, -0.25) is 9.59 Å². The average molecular weight is 337 g/mol. The maximum absolute atomic E-state index is 12.2. The Morgan fingerprint density at radius 3 is 2.29 bits per heavy atom. The van der Waals surface area contributed by atoms with Crippen LogP contribution in [0.15, 0.2) is 24.3 Å². The van der Waals surface area contributed by atoms with E-state index in [0.717, 1.165) is 0 Å². The van der Waals surface area contributed by atoms with Crippen molar-refractivity contribution in [3.05, 3.63) is 24.3 Å². The molecule has 1 aromatic carbocycles. The van der Waals surface area contributed by atoms with Crippen LogP contribution in [0.5, 0.6) is 11.5 Å². The normalized spacial score (nSPS) is 10.8. The van der Waals surface area contributed by atoms with Crippen LogP contribution in [-0.2, 0) is 9.59 Å². The highest BCUT2D eigenvalue weighted by molar-refractivity contribution is 5.78. The van der Waals surface area contributed by atoms with E-state index in [1.807, 2.05) is 19.9 Å². The second kappa shape index (κ2) is 9.80. The minimum absolute atomic E-state index is 0.0809. The number of amides is 1. The zero-order chi connectivity index (χ0) is 18.1. The minimum Gasteiger partial charge on any atom is -0.493 e. The summed E-state index contributed by atoms with van der Waals surface area (Å²) < 4.78 is 11.2. The Morgan fingerprint density at radius 2 is 1.75 bits per heavy atom. The number of rotatable bonds is 10. The lowest BCUT2D eigenvalue weighted by atomic mass is 10.2. The van der Waals surface area contributed by atoms with Gasteiger partial charge in [0.25, 0.3) is 5.91 Å². The second-order valence-electron chi connectivity index (χ2n) is 6.29. The summed E-state index contributed by atoms with van der Waals surface area (Å²) in [5.41, 5.74) is 0. The van der Waals surface area contributed by atoms with Crippen molar-refractivity contribution in [2.24, 2.45) is 5.92 Å². The van der Waals surface area contributed by atoms with E-state index in [4.69, 9.17) is 14.6 Å². The summed E-state index contributed by atoms with van der Waals surface area (Å²) in [5.74, 6) is 0.501. The van der Waals surface area contributed by atoms with Gasteiger partial charge in [0.15, 0.2) is 6.61 Å². The van der Waals surface area contributed by atoms with Gasteiger partial charge in [0.05, 0.1) is 13.0 Å². The maximum atomic E-state index is 12.2. The zero-order valence-corrected chi connectivity index (χ0v) is 14.8. The number of carboxylic acids is 1. The van der Waals surface area contributed by atoms with Crippen LogP contribution in [0, 0.1) is 5.92 Å². The Kier molecular flexibility index (Phi) is 8.09. The summed E-state index contributed by atoms with van der Waals surface area (Å²) in [6.45, 7) is 8.48. The summed E-state index contributed by atoms with van der Waals surface area (Å²) in [7, 11) is 0. The second-order valence-corrected chi connectivity index (χ2v) is 6.29. The SMILES string of the molecule is CC(C)COc1cccc(OCC(=O)N(CCC(=O)O)C(C)C)c1. The Bertz CT molecular complexity index is 542. The average Bonchev–Trinajstić information content (AvgIpc) is 2.51. The minimum atomic E-state index is -0.927. The third-order valence-electron chi connectivity index (χ3n) is 3.26. The molecule has 0 saturated carbocycles. The fraction of sp³-hybridized carbons (Fsp3) is 0.556. The smallest absolute Gasteiger partial charge is 0.305 e. The molecular formula is C18H27NO5. The molecule has 0 aliphatic rings. The summed E-state index contributed by atoms with van der Waals surface area (Å²) in [4.78, 5) is 24.4.